The lowest BCUT2D eigenvalue weighted by Gasteiger charge is -2.42. The molecule has 5 heterocycles. The summed E-state index contributed by atoms with van der Waals surface area (Å²) in [6, 6.07) is 8.25. The molecule has 1 aromatic carbocycles. The number of aromatic nitrogens is 4. The zero-order chi connectivity index (χ0) is 27.1. The second-order valence-corrected chi connectivity index (χ2v) is 12.4. The van der Waals surface area contributed by atoms with Gasteiger partial charge in [0.05, 0.1) is 34.9 Å². The van der Waals surface area contributed by atoms with Gasteiger partial charge in [-0.2, -0.15) is 5.10 Å². The van der Waals surface area contributed by atoms with Crippen LogP contribution in [0.1, 0.15) is 26.5 Å². The molecule has 0 aliphatic carbocycles. The minimum absolute atomic E-state index is 0.264. The Balaban J connectivity index is 1.27. The molecule has 11 heteroatoms. The molecule has 1 atom stereocenters. The zero-order valence-corrected chi connectivity index (χ0v) is 23.9. The summed E-state index contributed by atoms with van der Waals surface area (Å²) >= 11 is 1.92. The number of aryl methyl sites for hydroxylation is 1. The van der Waals surface area contributed by atoms with Crippen LogP contribution in [0, 0.1) is 0 Å². The van der Waals surface area contributed by atoms with Crippen molar-refractivity contribution in [3.8, 4) is 11.5 Å². The molecule has 1 unspecified atom stereocenters. The van der Waals surface area contributed by atoms with Crippen LogP contribution in [0.25, 0.3) is 22.4 Å². The predicted octanol–water partition coefficient (Wildman–Crippen LogP) is 2.25. The van der Waals surface area contributed by atoms with Gasteiger partial charge in [0.15, 0.2) is 5.82 Å². The number of anilines is 1. The molecule has 208 valence electrons. The van der Waals surface area contributed by atoms with Crippen LogP contribution in [0.2, 0.25) is 0 Å². The van der Waals surface area contributed by atoms with Crippen LogP contribution in [-0.2, 0) is 22.5 Å². The summed E-state index contributed by atoms with van der Waals surface area (Å²) in [5.74, 6) is 1.53. The van der Waals surface area contributed by atoms with Crippen molar-refractivity contribution >= 4 is 34.4 Å². The minimum atomic E-state index is -0.612. The summed E-state index contributed by atoms with van der Waals surface area (Å²) < 4.78 is 7.69. The molecule has 39 heavy (non-hydrogen) atoms. The Hall–Kier alpha value is -2.73. The van der Waals surface area contributed by atoms with Crippen molar-refractivity contribution in [1.29, 1.82) is 0 Å². The maximum absolute atomic E-state index is 11.9. The fourth-order valence-corrected chi connectivity index (χ4v) is 7.25. The van der Waals surface area contributed by atoms with Gasteiger partial charge in [0, 0.05) is 69.4 Å². The first-order chi connectivity index (χ1) is 18.8. The first kappa shape index (κ1) is 26.5. The number of nitrogens with zero attached hydrogens (tertiary/aromatic N) is 7. The smallest absolute Gasteiger partial charge is 0.237 e. The molecule has 3 aliphatic rings. The van der Waals surface area contributed by atoms with Crippen LogP contribution >= 0.6 is 11.8 Å². The van der Waals surface area contributed by atoms with E-state index >= 15 is 0 Å². The van der Waals surface area contributed by atoms with Gasteiger partial charge in [0.1, 0.15) is 11.5 Å². The zero-order valence-electron chi connectivity index (χ0n) is 23.1. The van der Waals surface area contributed by atoms with Crippen molar-refractivity contribution in [2.45, 2.75) is 49.4 Å². The number of benzene rings is 1. The molecule has 2 aromatic heterocycles. The number of carbonyl (C=O) groups excluding carboxylic acids is 1. The molecule has 1 amide bonds. The van der Waals surface area contributed by atoms with E-state index in [1.807, 2.05) is 36.4 Å². The summed E-state index contributed by atoms with van der Waals surface area (Å²) in [6.45, 7) is 14.3. The molecule has 0 saturated carbocycles. The lowest BCUT2D eigenvalue weighted by molar-refractivity contribution is -0.129. The Labute approximate surface area is 233 Å². The predicted molar refractivity (Wildman–Crippen MR) is 154 cm³/mol. The first-order valence-electron chi connectivity index (χ1n) is 14.0. The Kier molecular flexibility index (Phi) is 7.26. The molecular formula is C28H38N8O2S. The number of nitrogens with two attached hydrogens (primary N) is 1. The van der Waals surface area contributed by atoms with E-state index in [1.54, 1.807) is 0 Å². The van der Waals surface area contributed by atoms with Crippen molar-refractivity contribution in [2.75, 3.05) is 63.9 Å². The second kappa shape index (κ2) is 10.7. The van der Waals surface area contributed by atoms with Crippen molar-refractivity contribution in [1.82, 2.24) is 29.5 Å². The lowest BCUT2D eigenvalue weighted by Crippen LogP contribution is -2.60. The molecule has 10 nitrogen and oxygen atoms in total. The van der Waals surface area contributed by atoms with Crippen molar-refractivity contribution in [2.24, 2.45) is 5.73 Å². The maximum Gasteiger partial charge on any atom is 0.237 e. The first-order valence-corrected chi connectivity index (χ1v) is 14.9. The van der Waals surface area contributed by atoms with Crippen LogP contribution in [0.3, 0.4) is 0 Å². The van der Waals surface area contributed by atoms with E-state index in [-0.39, 0.29) is 5.91 Å². The van der Waals surface area contributed by atoms with Gasteiger partial charge >= 0.3 is 0 Å². The lowest BCUT2D eigenvalue weighted by atomic mass is 10.0. The number of morpholine rings is 1. The number of piperazine rings is 1. The summed E-state index contributed by atoms with van der Waals surface area (Å²) in [5.41, 5.74) is 8.15. The number of hydrogen-bond donors (Lipinski definition) is 1. The normalized spacial score (nSPS) is 21.0. The summed E-state index contributed by atoms with van der Waals surface area (Å²) in [6.07, 6.45) is 0.915. The van der Waals surface area contributed by atoms with E-state index in [4.69, 9.17) is 25.5 Å². The molecule has 3 aromatic rings. The maximum atomic E-state index is 11.9. The third-order valence-corrected chi connectivity index (χ3v) is 9.62. The average molecular weight is 551 g/mol. The molecule has 6 rings (SSSR count). The number of hydrogen-bond acceptors (Lipinski definition) is 9. The topological polar surface area (TPSA) is 106 Å². The van der Waals surface area contributed by atoms with Crippen LogP contribution in [0.4, 0.5) is 5.82 Å². The molecule has 0 spiro atoms. The standard InChI is InChI=1S/C28H38N8O2S/c1-4-36-23(20-7-5-6-8-21(20)32-36)25-30-22-17-19(39-24(22)26(31-25)34-13-15-38-16-14-34)18-33-9-11-35(12-10-33)28(2,3)27(29)37/h5-8,19H,4,9-18H2,1-3H3,(H2,29,37). The number of primary amides is 1. The second-order valence-electron chi connectivity index (χ2n) is 11.1. The van der Waals surface area contributed by atoms with Gasteiger partial charge in [-0.15, -0.1) is 11.8 Å². The van der Waals surface area contributed by atoms with E-state index in [0.717, 1.165) is 92.7 Å². The van der Waals surface area contributed by atoms with E-state index in [0.29, 0.717) is 18.5 Å². The number of ether oxygens (including phenoxy) is 1. The summed E-state index contributed by atoms with van der Waals surface area (Å²) in [4.78, 5) is 30.6. The van der Waals surface area contributed by atoms with E-state index in [9.17, 15) is 4.79 Å². The van der Waals surface area contributed by atoms with Gasteiger partial charge in [0.2, 0.25) is 5.91 Å². The number of fused-ring (bicyclic) bond motifs is 2. The fourth-order valence-electron chi connectivity index (χ4n) is 5.84. The highest BCUT2D eigenvalue weighted by atomic mass is 32.2. The number of amides is 1. The van der Waals surface area contributed by atoms with E-state index in [1.165, 1.54) is 4.90 Å². The van der Waals surface area contributed by atoms with Crippen LogP contribution in [0.5, 0.6) is 0 Å². The number of carbonyl (C=O) groups is 1. The van der Waals surface area contributed by atoms with Gasteiger partial charge in [0.25, 0.3) is 0 Å². The fraction of sp³-hybridized carbons (Fsp3) is 0.571. The van der Waals surface area contributed by atoms with Crippen molar-refractivity contribution in [3.05, 3.63) is 30.0 Å². The van der Waals surface area contributed by atoms with Gasteiger partial charge in [-0.05, 0) is 26.8 Å². The molecule has 2 fully saturated rings. The van der Waals surface area contributed by atoms with Crippen LogP contribution < -0.4 is 10.6 Å². The Morgan fingerprint density at radius 1 is 1.10 bits per heavy atom. The van der Waals surface area contributed by atoms with E-state index < -0.39 is 5.54 Å². The Morgan fingerprint density at radius 3 is 2.56 bits per heavy atom. The highest BCUT2D eigenvalue weighted by Gasteiger charge is 2.37. The SMILES string of the molecule is CCn1nc2ccccc2c1-c1nc2c(c(N3CCOCC3)n1)SC(CN1CCN(C(C)(C)C(N)=O)CC1)C2. The molecule has 2 N–H and O–H groups in total. The molecule has 0 radical (unpaired) electrons. The van der Waals surface area contributed by atoms with E-state index in [2.05, 4.69) is 39.8 Å². The third-order valence-electron chi connectivity index (χ3n) is 8.32. The minimum Gasteiger partial charge on any atom is -0.378 e. The molecule has 3 aliphatic heterocycles. The molecule has 0 bridgehead atoms. The highest BCUT2D eigenvalue weighted by molar-refractivity contribution is 8.00. The average Bonchev–Trinajstić information content (AvgIpc) is 3.53. The van der Waals surface area contributed by atoms with Crippen molar-refractivity contribution < 1.29 is 9.53 Å². The van der Waals surface area contributed by atoms with Gasteiger partial charge in [-0.3, -0.25) is 19.3 Å². The van der Waals surface area contributed by atoms with Crippen molar-refractivity contribution in [3.63, 3.8) is 0 Å². The Bertz CT molecular complexity index is 1360. The summed E-state index contributed by atoms with van der Waals surface area (Å²) in [5, 5.41) is 6.33. The molecular weight excluding hydrogens is 512 g/mol. The summed E-state index contributed by atoms with van der Waals surface area (Å²) in [7, 11) is 0. The quantitative estimate of drug-likeness (QED) is 0.474. The van der Waals surface area contributed by atoms with Crippen LogP contribution in [-0.4, -0.2) is 105 Å². The van der Waals surface area contributed by atoms with Gasteiger partial charge in [-0.25, -0.2) is 9.97 Å². The molecule has 2 saturated heterocycles. The number of thioether (sulfide) groups is 1. The Morgan fingerprint density at radius 2 is 1.85 bits per heavy atom. The van der Waals surface area contributed by atoms with Crippen LogP contribution in [0.15, 0.2) is 29.2 Å². The third kappa shape index (κ3) is 5.01. The monoisotopic (exact) mass is 550 g/mol. The number of rotatable bonds is 7. The van der Waals surface area contributed by atoms with Gasteiger partial charge < -0.3 is 15.4 Å². The highest BCUT2D eigenvalue weighted by Crippen LogP contribution is 2.43. The largest absolute Gasteiger partial charge is 0.378 e. The van der Waals surface area contributed by atoms with Gasteiger partial charge in [-0.1, -0.05) is 18.2 Å².